The molecular formula is C10H7NO2Ru. The molecule has 1 heterocycles. The number of hydrogen-bond acceptors (Lipinski definition) is 2. The first-order valence-corrected chi connectivity index (χ1v) is 3.90. The molecule has 1 aromatic carbocycles. The number of carbonyl (C=O) groups excluding carboxylic acids is 2. The Morgan fingerprint density at radius 3 is 1.86 bits per heavy atom. The van der Waals surface area contributed by atoms with Crippen LogP contribution in [0.25, 0.3) is 0 Å². The number of para-hydroxylation sites is 1. The van der Waals surface area contributed by atoms with E-state index < -0.39 is 0 Å². The van der Waals surface area contributed by atoms with Crippen LogP contribution < -0.4 is 4.90 Å². The van der Waals surface area contributed by atoms with E-state index in [1.807, 2.05) is 6.07 Å². The van der Waals surface area contributed by atoms with Gasteiger partial charge in [-0.2, -0.15) is 0 Å². The van der Waals surface area contributed by atoms with E-state index in [1.165, 1.54) is 12.2 Å². The molecule has 0 bridgehead atoms. The molecule has 1 aliphatic rings. The molecule has 0 saturated heterocycles. The van der Waals surface area contributed by atoms with Gasteiger partial charge < -0.3 is 0 Å². The molecule has 2 rings (SSSR count). The zero-order valence-corrected chi connectivity index (χ0v) is 8.90. The van der Waals surface area contributed by atoms with Gasteiger partial charge in [0.05, 0.1) is 5.69 Å². The largest absolute Gasteiger partial charge is 0.269 e. The van der Waals surface area contributed by atoms with Gasteiger partial charge in [-0.3, -0.25) is 9.59 Å². The van der Waals surface area contributed by atoms with Gasteiger partial charge in [0, 0.05) is 31.6 Å². The predicted octanol–water partition coefficient (Wildman–Crippen LogP) is 1.11. The first-order valence-electron chi connectivity index (χ1n) is 3.90. The monoisotopic (exact) mass is 275 g/mol. The zero-order chi connectivity index (χ0) is 9.26. The fourth-order valence-electron chi connectivity index (χ4n) is 1.23. The maximum Gasteiger partial charge on any atom is 0.258 e. The molecule has 2 amide bonds. The number of nitrogens with zero attached hydrogens (tertiary/aromatic N) is 1. The van der Waals surface area contributed by atoms with Gasteiger partial charge in [-0.1, -0.05) is 18.2 Å². The van der Waals surface area contributed by atoms with E-state index in [9.17, 15) is 9.59 Å². The van der Waals surface area contributed by atoms with Gasteiger partial charge in [0.25, 0.3) is 11.8 Å². The van der Waals surface area contributed by atoms with Crippen molar-refractivity contribution in [1.82, 2.24) is 0 Å². The SMILES string of the molecule is O=C1C=CC(=O)N1c1ccccc1.[Ru]. The van der Waals surface area contributed by atoms with E-state index in [1.54, 1.807) is 24.3 Å². The van der Waals surface area contributed by atoms with Crippen molar-refractivity contribution in [2.24, 2.45) is 0 Å². The standard InChI is InChI=1S/C10H7NO2.Ru/c12-9-6-7-10(13)11(9)8-4-2-1-3-5-8;/h1-7H;. The molecule has 72 valence electrons. The first kappa shape index (κ1) is 10.8. The number of amides is 2. The molecule has 1 aliphatic heterocycles. The summed E-state index contributed by atoms with van der Waals surface area (Å²) in [5.74, 6) is -0.563. The van der Waals surface area contributed by atoms with Crippen molar-refractivity contribution in [3.8, 4) is 0 Å². The van der Waals surface area contributed by atoms with Gasteiger partial charge in [-0.25, -0.2) is 4.90 Å². The number of carbonyl (C=O) groups is 2. The van der Waals surface area contributed by atoms with Crippen LogP contribution in [0.4, 0.5) is 5.69 Å². The Kier molecular flexibility index (Phi) is 3.31. The molecule has 0 aliphatic carbocycles. The molecule has 14 heavy (non-hydrogen) atoms. The molecule has 0 fully saturated rings. The Bertz CT molecular complexity index is 368. The van der Waals surface area contributed by atoms with Crippen LogP contribution in [0.15, 0.2) is 42.5 Å². The van der Waals surface area contributed by atoms with Gasteiger partial charge in [0.2, 0.25) is 0 Å². The van der Waals surface area contributed by atoms with Crippen LogP contribution in [0.2, 0.25) is 0 Å². The molecular weight excluding hydrogens is 267 g/mol. The predicted molar refractivity (Wildman–Crippen MR) is 48.1 cm³/mol. The number of rotatable bonds is 1. The molecule has 0 aromatic heterocycles. The third-order valence-corrected chi connectivity index (χ3v) is 1.82. The molecule has 0 atom stereocenters. The Morgan fingerprint density at radius 1 is 0.857 bits per heavy atom. The molecule has 1 aromatic rings. The Balaban J connectivity index is 0.000000980. The van der Waals surface area contributed by atoms with E-state index in [4.69, 9.17) is 0 Å². The molecule has 0 spiro atoms. The normalized spacial score (nSPS) is 14.4. The van der Waals surface area contributed by atoms with Crippen LogP contribution in [0, 0.1) is 0 Å². The van der Waals surface area contributed by atoms with Crippen molar-refractivity contribution in [3.05, 3.63) is 42.5 Å². The van der Waals surface area contributed by atoms with E-state index in [0.717, 1.165) is 4.90 Å². The second-order valence-corrected chi connectivity index (χ2v) is 2.68. The van der Waals surface area contributed by atoms with Crippen LogP contribution in [0.1, 0.15) is 0 Å². The molecule has 0 saturated carbocycles. The molecule has 4 heteroatoms. The van der Waals surface area contributed by atoms with Gasteiger partial charge in [0.1, 0.15) is 0 Å². The molecule has 0 unspecified atom stereocenters. The third kappa shape index (κ3) is 1.80. The molecule has 0 N–H and O–H groups in total. The van der Waals surface area contributed by atoms with Crippen LogP contribution in [-0.2, 0) is 29.1 Å². The first-order chi connectivity index (χ1) is 6.29. The Labute approximate surface area is 94.2 Å². The maximum atomic E-state index is 11.2. The van der Waals surface area contributed by atoms with Crippen molar-refractivity contribution in [1.29, 1.82) is 0 Å². The second-order valence-electron chi connectivity index (χ2n) is 2.68. The van der Waals surface area contributed by atoms with Crippen molar-refractivity contribution in [2.45, 2.75) is 0 Å². The molecule has 0 radical (unpaired) electrons. The second kappa shape index (κ2) is 4.29. The number of benzene rings is 1. The van der Waals surface area contributed by atoms with Gasteiger partial charge in [0.15, 0.2) is 0 Å². The Hall–Kier alpha value is -1.28. The van der Waals surface area contributed by atoms with E-state index in [0.29, 0.717) is 5.69 Å². The summed E-state index contributed by atoms with van der Waals surface area (Å²) in [6, 6.07) is 8.86. The van der Waals surface area contributed by atoms with Crippen LogP contribution in [0.3, 0.4) is 0 Å². The number of imide groups is 1. The van der Waals surface area contributed by atoms with Crippen LogP contribution >= 0.6 is 0 Å². The third-order valence-electron chi connectivity index (χ3n) is 1.82. The number of anilines is 1. The summed E-state index contributed by atoms with van der Waals surface area (Å²) >= 11 is 0. The average molecular weight is 274 g/mol. The average Bonchev–Trinajstić information content (AvgIpc) is 2.48. The maximum absolute atomic E-state index is 11.2. The van der Waals surface area contributed by atoms with Gasteiger partial charge >= 0.3 is 0 Å². The summed E-state index contributed by atoms with van der Waals surface area (Å²) in [4.78, 5) is 23.5. The topological polar surface area (TPSA) is 37.4 Å². The minimum absolute atomic E-state index is 0. The zero-order valence-electron chi connectivity index (χ0n) is 7.16. The summed E-state index contributed by atoms with van der Waals surface area (Å²) in [6.45, 7) is 0. The quantitative estimate of drug-likeness (QED) is 0.568. The van der Waals surface area contributed by atoms with E-state index in [-0.39, 0.29) is 31.3 Å². The van der Waals surface area contributed by atoms with Crippen LogP contribution in [-0.4, -0.2) is 11.8 Å². The fraction of sp³-hybridized carbons (Fsp3) is 0. The minimum atomic E-state index is -0.281. The summed E-state index contributed by atoms with van der Waals surface area (Å²) in [7, 11) is 0. The van der Waals surface area contributed by atoms with Crippen molar-refractivity contribution in [3.63, 3.8) is 0 Å². The fourth-order valence-corrected chi connectivity index (χ4v) is 1.23. The summed E-state index contributed by atoms with van der Waals surface area (Å²) in [6.07, 6.45) is 2.55. The number of hydrogen-bond donors (Lipinski definition) is 0. The van der Waals surface area contributed by atoms with Crippen molar-refractivity contribution in [2.75, 3.05) is 4.90 Å². The summed E-state index contributed by atoms with van der Waals surface area (Å²) < 4.78 is 0. The summed E-state index contributed by atoms with van der Waals surface area (Å²) in [5, 5.41) is 0. The van der Waals surface area contributed by atoms with Gasteiger partial charge in [-0.15, -0.1) is 0 Å². The van der Waals surface area contributed by atoms with Crippen LogP contribution in [0.5, 0.6) is 0 Å². The van der Waals surface area contributed by atoms with Crippen molar-refractivity contribution >= 4 is 17.5 Å². The minimum Gasteiger partial charge on any atom is -0.269 e. The molecule has 3 nitrogen and oxygen atoms in total. The Morgan fingerprint density at radius 2 is 1.36 bits per heavy atom. The summed E-state index contributed by atoms with van der Waals surface area (Å²) in [5.41, 5.74) is 0.613. The van der Waals surface area contributed by atoms with Gasteiger partial charge in [-0.05, 0) is 12.1 Å². The van der Waals surface area contributed by atoms with E-state index >= 15 is 0 Å². The smallest absolute Gasteiger partial charge is 0.258 e. The van der Waals surface area contributed by atoms with Crippen molar-refractivity contribution < 1.29 is 29.1 Å². The van der Waals surface area contributed by atoms with E-state index in [2.05, 4.69) is 0 Å².